The molecular weight excluding hydrogens is 535 g/mol. The summed E-state index contributed by atoms with van der Waals surface area (Å²) in [7, 11) is 0. The summed E-state index contributed by atoms with van der Waals surface area (Å²) in [6.45, 7) is 0. The van der Waals surface area contributed by atoms with Crippen LogP contribution in [0.5, 0.6) is 0 Å². The molecular formula is C32H23FN6O3. The minimum Gasteiger partial charge on any atom is -0.481 e. The summed E-state index contributed by atoms with van der Waals surface area (Å²) in [5.74, 6) is -1.58. The Morgan fingerprint density at radius 3 is 2.50 bits per heavy atom. The van der Waals surface area contributed by atoms with E-state index in [0.29, 0.717) is 39.5 Å². The van der Waals surface area contributed by atoms with E-state index in [-0.39, 0.29) is 23.5 Å². The number of anilines is 2. The van der Waals surface area contributed by atoms with Crippen LogP contribution in [0.4, 0.5) is 15.9 Å². The molecule has 0 unspecified atom stereocenters. The maximum atomic E-state index is 15.5. The predicted molar refractivity (Wildman–Crippen MR) is 158 cm³/mol. The van der Waals surface area contributed by atoms with Crippen LogP contribution < -0.4 is 11.1 Å². The highest BCUT2D eigenvalue weighted by atomic mass is 19.1. The zero-order valence-corrected chi connectivity index (χ0v) is 22.0. The largest absolute Gasteiger partial charge is 0.481 e. The Hall–Kier alpha value is -5.90. The van der Waals surface area contributed by atoms with Crippen LogP contribution in [-0.2, 0) is 11.2 Å². The van der Waals surface area contributed by atoms with Gasteiger partial charge in [0.2, 0.25) is 0 Å². The number of carboxylic acid groups (broad SMARTS) is 1. The molecule has 0 fully saturated rings. The molecule has 1 amide bonds. The second-order valence-electron chi connectivity index (χ2n) is 9.50. The number of carboxylic acids is 1. The lowest BCUT2D eigenvalue weighted by atomic mass is 10.1. The number of halogens is 1. The monoisotopic (exact) mass is 558 g/mol. The van der Waals surface area contributed by atoms with E-state index in [1.807, 2.05) is 42.5 Å². The van der Waals surface area contributed by atoms with Crippen molar-refractivity contribution in [2.24, 2.45) is 0 Å². The number of nitrogens with two attached hydrogens (primary N) is 1. The lowest BCUT2D eigenvalue weighted by Crippen LogP contribution is -2.14. The Kier molecular flexibility index (Phi) is 6.85. The molecule has 6 rings (SSSR count). The number of fused-ring (bicyclic) bond motifs is 1. The van der Waals surface area contributed by atoms with E-state index in [2.05, 4.69) is 10.3 Å². The van der Waals surface area contributed by atoms with Gasteiger partial charge in [0.25, 0.3) is 5.91 Å². The van der Waals surface area contributed by atoms with E-state index < -0.39 is 17.7 Å². The van der Waals surface area contributed by atoms with Gasteiger partial charge < -0.3 is 16.2 Å². The highest BCUT2D eigenvalue weighted by Gasteiger charge is 2.20. The van der Waals surface area contributed by atoms with Crippen molar-refractivity contribution in [2.45, 2.75) is 6.42 Å². The number of carbonyl (C=O) groups is 2. The molecule has 0 aliphatic carbocycles. The number of aromatic nitrogens is 4. The lowest BCUT2D eigenvalue weighted by Gasteiger charge is -2.13. The van der Waals surface area contributed by atoms with Gasteiger partial charge in [-0.15, -0.1) is 0 Å². The van der Waals surface area contributed by atoms with Crippen LogP contribution in [0.2, 0.25) is 0 Å². The summed E-state index contributed by atoms with van der Waals surface area (Å²) in [5.41, 5.74) is 10.5. The van der Waals surface area contributed by atoms with Gasteiger partial charge in [0.15, 0.2) is 11.5 Å². The average Bonchev–Trinajstić information content (AvgIpc) is 3.37. The van der Waals surface area contributed by atoms with Gasteiger partial charge in [-0.1, -0.05) is 42.5 Å². The minimum atomic E-state index is -1.01. The van der Waals surface area contributed by atoms with Crippen LogP contribution >= 0.6 is 0 Å². The Balaban J connectivity index is 1.42. The van der Waals surface area contributed by atoms with Gasteiger partial charge in [-0.2, -0.15) is 0 Å². The summed E-state index contributed by atoms with van der Waals surface area (Å²) >= 11 is 0. The number of imidazole rings is 1. The quantitative estimate of drug-likeness (QED) is 0.227. The third-order valence-corrected chi connectivity index (χ3v) is 6.66. The Morgan fingerprint density at radius 2 is 1.74 bits per heavy atom. The molecule has 0 spiro atoms. The Labute approximate surface area is 239 Å². The first-order valence-electron chi connectivity index (χ1n) is 12.9. The number of amides is 1. The van der Waals surface area contributed by atoms with E-state index in [9.17, 15) is 9.59 Å². The van der Waals surface area contributed by atoms with Gasteiger partial charge in [0.1, 0.15) is 17.2 Å². The van der Waals surface area contributed by atoms with Crippen LogP contribution in [0, 0.1) is 5.82 Å². The van der Waals surface area contributed by atoms with Crippen LogP contribution in [0.1, 0.15) is 15.9 Å². The summed E-state index contributed by atoms with van der Waals surface area (Å²) in [6, 6.07) is 27.5. The molecule has 0 bridgehead atoms. The molecule has 4 N–H and O–H groups in total. The number of nitrogen functional groups attached to an aromatic ring is 1. The molecule has 0 saturated carbocycles. The molecule has 42 heavy (non-hydrogen) atoms. The van der Waals surface area contributed by atoms with Gasteiger partial charge >= 0.3 is 5.97 Å². The zero-order chi connectivity index (χ0) is 29.2. The number of carbonyl (C=O) groups excluding carboxylic acids is 1. The number of nitrogens with zero attached hydrogens (tertiary/aromatic N) is 4. The fourth-order valence-electron chi connectivity index (χ4n) is 4.69. The summed E-state index contributed by atoms with van der Waals surface area (Å²) in [5, 5.41) is 11.6. The van der Waals surface area contributed by atoms with Gasteiger partial charge in [0.05, 0.1) is 29.1 Å². The summed E-state index contributed by atoms with van der Waals surface area (Å²) in [6.07, 6.45) is 1.35. The van der Waals surface area contributed by atoms with Crippen LogP contribution in [-0.4, -0.2) is 36.5 Å². The van der Waals surface area contributed by atoms with Gasteiger partial charge in [0, 0.05) is 23.4 Å². The van der Waals surface area contributed by atoms with Crippen molar-refractivity contribution in [1.82, 2.24) is 19.5 Å². The number of hydrogen-bond acceptors (Lipinski definition) is 6. The van der Waals surface area contributed by atoms with Crippen molar-refractivity contribution in [2.75, 3.05) is 11.1 Å². The maximum absolute atomic E-state index is 15.5. The fourth-order valence-corrected chi connectivity index (χ4v) is 4.69. The number of nitrogens with one attached hydrogen (secondary N) is 1. The van der Waals surface area contributed by atoms with Crippen LogP contribution in [0.25, 0.3) is 39.5 Å². The third-order valence-electron chi connectivity index (χ3n) is 6.66. The first kappa shape index (κ1) is 26.3. The van der Waals surface area contributed by atoms with Crippen molar-refractivity contribution < 1.29 is 19.1 Å². The van der Waals surface area contributed by atoms with Gasteiger partial charge in [-0.25, -0.2) is 19.3 Å². The van der Waals surface area contributed by atoms with Crippen LogP contribution in [0.3, 0.4) is 0 Å². The van der Waals surface area contributed by atoms with E-state index in [1.54, 1.807) is 41.1 Å². The molecule has 6 aromatic rings. The average molecular weight is 559 g/mol. The highest BCUT2D eigenvalue weighted by molar-refractivity contribution is 6.04. The summed E-state index contributed by atoms with van der Waals surface area (Å²) < 4.78 is 17.3. The summed E-state index contributed by atoms with van der Waals surface area (Å²) in [4.78, 5) is 37.8. The molecule has 0 radical (unpaired) electrons. The number of hydrogen-bond donors (Lipinski definition) is 3. The fraction of sp³-hybridized carbons (Fsp3) is 0.0312. The van der Waals surface area contributed by atoms with Crippen LogP contribution in [0.15, 0.2) is 103 Å². The lowest BCUT2D eigenvalue weighted by molar-refractivity contribution is -0.136. The van der Waals surface area contributed by atoms with E-state index in [0.717, 1.165) is 5.56 Å². The number of benzene rings is 3. The highest BCUT2D eigenvalue weighted by Crippen LogP contribution is 2.32. The second kappa shape index (κ2) is 10.9. The molecule has 0 aliphatic heterocycles. The van der Waals surface area contributed by atoms with E-state index in [4.69, 9.17) is 20.8 Å². The molecule has 10 heteroatoms. The van der Waals surface area contributed by atoms with Crippen molar-refractivity contribution in [3.63, 3.8) is 0 Å². The van der Waals surface area contributed by atoms with Gasteiger partial charge in [-0.05, 0) is 54.1 Å². The van der Waals surface area contributed by atoms with E-state index in [1.165, 1.54) is 24.3 Å². The first-order valence-corrected chi connectivity index (χ1v) is 12.9. The molecule has 3 aromatic carbocycles. The number of rotatable bonds is 7. The zero-order valence-electron chi connectivity index (χ0n) is 22.0. The Morgan fingerprint density at radius 1 is 0.905 bits per heavy atom. The van der Waals surface area contributed by atoms with Crippen molar-refractivity contribution in [3.05, 3.63) is 120 Å². The molecule has 0 atom stereocenters. The van der Waals surface area contributed by atoms with Crippen molar-refractivity contribution >= 4 is 34.5 Å². The molecule has 9 nitrogen and oxygen atoms in total. The molecule has 3 heterocycles. The predicted octanol–water partition coefficient (Wildman–Crippen LogP) is 5.75. The van der Waals surface area contributed by atoms with Crippen molar-refractivity contribution in [1.29, 1.82) is 0 Å². The molecule has 0 saturated heterocycles. The first-order chi connectivity index (χ1) is 20.4. The Bertz CT molecular complexity index is 1970. The molecule has 3 aromatic heterocycles. The number of pyridine rings is 2. The normalized spacial score (nSPS) is 11.0. The molecule has 0 aliphatic rings. The smallest absolute Gasteiger partial charge is 0.307 e. The third kappa shape index (κ3) is 5.16. The molecule has 206 valence electrons. The van der Waals surface area contributed by atoms with Gasteiger partial charge in [-0.3, -0.25) is 14.2 Å². The minimum absolute atomic E-state index is 0.0443. The van der Waals surface area contributed by atoms with E-state index >= 15 is 4.39 Å². The number of aliphatic carboxylic acids is 1. The SMILES string of the molecule is Nc1ncccc1-c1nc2ccc(-c3ccccc3)nc2n1-c1ccc(NC(=O)c2cccc(CC(=O)O)c2)c(F)c1. The second-order valence-corrected chi connectivity index (χ2v) is 9.50. The topological polar surface area (TPSA) is 136 Å². The van der Waals surface area contributed by atoms with Crippen molar-refractivity contribution in [3.8, 4) is 28.3 Å². The maximum Gasteiger partial charge on any atom is 0.307 e. The standard InChI is InChI=1S/C32H23FN6O3/c33-24-18-22(11-12-26(24)38-32(42)21-9-4-6-19(16-21)17-28(40)41)39-30(23-10-5-15-35-29(23)34)37-27-14-13-25(36-31(27)39)20-7-2-1-3-8-20/h1-16,18H,17H2,(H2,34,35)(H,38,42)(H,40,41).